The van der Waals surface area contributed by atoms with E-state index in [9.17, 15) is 9.59 Å². The van der Waals surface area contributed by atoms with Gasteiger partial charge in [-0.15, -0.1) is 0 Å². The Bertz CT molecular complexity index is 1030. The normalized spacial score (nSPS) is 12.5. The lowest BCUT2D eigenvalue weighted by Gasteiger charge is -2.15. The van der Waals surface area contributed by atoms with Crippen molar-refractivity contribution < 1.29 is 9.59 Å². The van der Waals surface area contributed by atoms with Gasteiger partial charge >= 0.3 is 0 Å². The summed E-state index contributed by atoms with van der Waals surface area (Å²) in [6.45, 7) is 2.73. The smallest absolute Gasteiger partial charge is 0.252 e. The molecule has 1 aliphatic heterocycles. The highest BCUT2D eigenvalue weighted by molar-refractivity contribution is 6.01. The molecule has 1 aliphatic rings. The zero-order valence-electron chi connectivity index (χ0n) is 15.7. The second-order valence-corrected chi connectivity index (χ2v) is 6.85. The van der Waals surface area contributed by atoms with E-state index in [1.54, 1.807) is 24.2 Å². The summed E-state index contributed by atoms with van der Waals surface area (Å²) in [5, 5.41) is 2.97. The lowest BCUT2D eigenvalue weighted by molar-refractivity contribution is -0.116. The number of anilines is 1. The van der Waals surface area contributed by atoms with Crippen molar-refractivity contribution in [2.24, 2.45) is 0 Å². The van der Waals surface area contributed by atoms with Gasteiger partial charge in [0.1, 0.15) is 0 Å². The predicted molar refractivity (Wildman–Crippen MR) is 109 cm³/mol. The van der Waals surface area contributed by atoms with Gasteiger partial charge < -0.3 is 10.2 Å². The average Bonchev–Trinajstić information content (AvgIpc) is 3.16. The van der Waals surface area contributed by atoms with Crippen LogP contribution in [0.1, 0.15) is 28.4 Å². The molecule has 0 saturated heterocycles. The SMILES string of the molecule is CC(=O)N1CCc2cc(-c3ccccc3C(=O)NCc3cccnc3)ccc21. The summed E-state index contributed by atoms with van der Waals surface area (Å²) in [5.74, 6) is -0.0630. The van der Waals surface area contributed by atoms with Gasteiger partial charge in [-0.3, -0.25) is 14.6 Å². The van der Waals surface area contributed by atoms with Crippen LogP contribution < -0.4 is 10.2 Å². The molecule has 140 valence electrons. The molecule has 0 unspecified atom stereocenters. The third-order valence-corrected chi connectivity index (χ3v) is 5.01. The number of hydrogen-bond donors (Lipinski definition) is 1. The van der Waals surface area contributed by atoms with Crippen molar-refractivity contribution in [3.05, 3.63) is 83.7 Å². The molecule has 2 aromatic carbocycles. The molecule has 5 nitrogen and oxygen atoms in total. The fourth-order valence-electron chi connectivity index (χ4n) is 3.61. The standard InChI is InChI=1S/C23H21N3O2/c1-16(27)26-12-10-19-13-18(8-9-22(19)26)20-6-2-3-7-21(20)23(28)25-15-17-5-4-11-24-14-17/h2-9,11,13-14H,10,12,15H2,1H3,(H,25,28). The molecule has 0 radical (unpaired) electrons. The molecule has 0 saturated carbocycles. The largest absolute Gasteiger partial charge is 0.348 e. The van der Waals surface area contributed by atoms with E-state index in [-0.39, 0.29) is 11.8 Å². The predicted octanol–water partition coefficient (Wildman–Crippen LogP) is 3.59. The summed E-state index contributed by atoms with van der Waals surface area (Å²) in [6.07, 6.45) is 4.29. The minimum atomic E-state index is -0.120. The maximum absolute atomic E-state index is 12.8. The summed E-state index contributed by atoms with van der Waals surface area (Å²) < 4.78 is 0. The second-order valence-electron chi connectivity index (χ2n) is 6.85. The maximum Gasteiger partial charge on any atom is 0.252 e. The molecule has 0 aliphatic carbocycles. The number of benzene rings is 2. The number of nitrogens with zero attached hydrogens (tertiary/aromatic N) is 2. The van der Waals surface area contributed by atoms with Gasteiger partial charge in [0, 0.05) is 43.7 Å². The Morgan fingerprint density at radius 2 is 1.96 bits per heavy atom. The van der Waals surface area contributed by atoms with E-state index in [4.69, 9.17) is 0 Å². The molecule has 1 aromatic heterocycles. The quantitative estimate of drug-likeness (QED) is 0.762. The molecule has 5 heteroatoms. The Morgan fingerprint density at radius 3 is 2.75 bits per heavy atom. The van der Waals surface area contributed by atoms with Crippen LogP contribution in [0.25, 0.3) is 11.1 Å². The van der Waals surface area contributed by atoms with Crippen molar-refractivity contribution in [1.82, 2.24) is 10.3 Å². The van der Waals surface area contributed by atoms with E-state index in [0.29, 0.717) is 18.7 Å². The maximum atomic E-state index is 12.8. The summed E-state index contributed by atoms with van der Waals surface area (Å²) in [6, 6.07) is 17.4. The van der Waals surface area contributed by atoms with Gasteiger partial charge in [0.05, 0.1) is 0 Å². The molecule has 1 N–H and O–H groups in total. The molecule has 4 rings (SSSR count). The summed E-state index contributed by atoms with van der Waals surface area (Å²) in [7, 11) is 0. The Morgan fingerprint density at radius 1 is 1.11 bits per heavy atom. The van der Waals surface area contributed by atoms with Crippen molar-refractivity contribution in [2.75, 3.05) is 11.4 Å². The van der Waals surface area contributed by atoms with Crippen LogP contribution in [0.4, 0.5) is 5.69 Å². The van der Waals surface area contributed by atoms with Gasteiger partial charge in [0.15, 0.2) is 0 Å². The third kappa shape index (κ3) is 3.51. The lowest BCUT2D eigenvalue weighted by atomic mass is 9.96. The van der Waals surface area contributed by atoms with E-state index < -0.39 is 0 Å². The van der Waals surface area contributed by atoms with Gasteiger partial charge in [-0.25, -0.2) is 0 Å². The fourth-order valence-corrected chi connectivity index (χ4v) is 3.61. The highest BCUT2D eigenvalue weighted by Crippen LogP contribution is 2.33. The Kier molecular flexibility index (Phi) is 4.89. The number of amides is 2. The topological polar surface area (TPSA) is 62.3 Å². The molecule has 0 bridgehead atoms. The summed E-state index contributed by atoms with van der Waals surface area (Å²) in [4.78, 5) is 30.4. The molecule has 0 spiro atoms. The van der Waals surface area contributed by atoms with Gasteiger partial charge in [-0.05, 0) is 52.9 Å². The summed E-state index contributed by atoms with van der Waals surface area (Å²) in [5.41, 5.74) is 5.56. The summed E-state index contributed by atoms with van der Waals surface area (Å²) >= 11 is 0. The van der Waals surface area contributed by atoms with Gasteiger partial charge in [0.25, 0.3) is 5.91 Å². The van der Waals surface area contributed by atoms with Crippen molar-refractivity contribution in [1.29, 1.82) is 0 Å². The zero-order valence-corrected chi connectivity index (χ0v) is 15.7. The molecule has 3 aromatic rings. The number of pyridine rings is 1. The molecule has 0 atom stereocenters. The monoisotopic (exact) mass is 371 g/mol. The van der Waals surface area contributed by atoms with Gasteiger partial charge in [-0.2, -0.15) is 0 Å². The minimum absolute atomic E-state index is 0.0571. The van der Waals surface area contributed by atoms with Crippen LogP contribution in [0.5, 0.6) is 0 Å². The fraction of sp³-hybridized carbons (Fsp3) is 0.174. The Balaban J connectivity index is 1.60. The number of carbonyl (C=O) groups excluding carboxylic acids is 2. The van der Waals surface area contributed by atoms with Gasteiger partial charge in [-0.1, -0.05) is 30.3 Å². The van der Waals surface area contributed by atoms with Crippen molar-refractivity contribution >= 4 is 17.5 Å². The minimum Gasteiger partial charge on any atom is -0.348 e. The zero-order chi connectivity index (χ0) is 19.5. The van der Waals surface area contributed by atoms with E-state index in [2.05, 4.69) is 16.4 Å². The Labute approximate surface area is 164 Å². The van der Waals surface area contributed by atoms with E-state index in [1.807, 2.05) is 48.5 Å². The highest BCUT2D eigenvalue weighted by atomic mass is 16.2. The number of fused-ring (bicyclic) bond motifs is 1. The third-order valence-electron chi connectivity index (χ3n) is 5.01. The number of carbonyl (C=O) groups is 2. The van der Waals surface area contributed by atoms with Crippen LogP contribution in [0.3, 0.4) is 0 Å². The van der Waals surface area contributed by atoms with Crippen molar-refractivity contribution in [3.63, 3.8) is 0 Å². The van der Waals surface area contributed by atoms with Crippen LogP contribution in [-0.4, -0.2) is 23.3 Å². The lowest BCUT2D eigenvalue weighted by Crippen LogP contribution is -2.25. The highest BCUT2D eigenvalue weighted by Gasteiger charge is 2.23. The first-order valence-electron chi connectivity index (χ1n) is 9.31. The molecule has 2 amide bonds. The average molecular weight is 371 g/mol. The van der Waals surface area contributed by atoms with Crippen molar-refractivity contribution in [3.8, 4) is 11.1 Å². The van der Waals surface area contributed by atoms with Crippen LogP contribution in [0.2, 0.25) is 0 Å². The molecule has 0 fully saturated rings. The van der Waals surface area contributed by atoms with Crippen molar-refractivity contribution in [2.45, 2.75) is 19.9 Å². The molecular weight excluding hydrogens is 350 g/mol. The van der Waals surface area contributed by atoms with Crippen LogP contribution >= 0.6 is 0 Å². The number of hydrogen-bond acceptors (Lipinski definition) is 3. The molecule has 2 heterocycles. The molecule has 28 heavy (non-hydrogen) atoms. The van der Waals surface area contributed by atoms with Crippen LogP contribution in [-0.2, 0) is 17.8 Å². The van der Waals surface area contributed by atoms with Crippen LogP contribution in [0.15, 0.2) is 67.0 Å². The Hall–Kier alpha value is -3.47. The number of aromatic nitrogens is 1. The van der Waals surface area contributed by atoms with Gasteiger partial charge in [0.2, 0.25) is 5.91 Å². The number of rotatable bonds is 4. The van der Waals surface area contributed by atoms with Crippen LogP contribution in [0, 0.1) is 0 Å². The first-order chi connectivity index (χ1) is 13.6. The molecular formula is C23H21N3O2. The first kappa shape index (κ1) is 17.9. The van der Waals surface area contributed by atoms with E-state index in [1.165, 1.54) is 0 Å². The number of nitrogens with one attached hydrogen (secondary N) is 1. The van der Waals surface area contributed by atoms with E-state index in [0.717, 1.165) is 34.4 Å². The first-order valence-corrected chi connectivity index (χ1v) is 9.31. The second kappa shape index (κ2) is 7.64. The van der Waals surface area contributed by atoms with E-state index >= 15 is 0 Å².